The number of aromatic nitrogens is 3. The van der Waals surface area contributed by atoms with Crippen LogP contribution >= 0.6 is 0 Å². The van der Waals surface area contributed by atoms with E-state index in [1.807, 2.05) is 18.3 Å². The minimum absolute atomic E-state index is 0.158. The minimum atomic E-state index is -3.63. The SMILES string of the molecule is CN(C1CCN(c2ncnc3[nH]ccc23)C1)S(=O)(=O)c1ccc(C#N)cc1. The van der Waals surface area contributed by atoms with Crippen molar-refractivity contribution >= 4 is 26.9 Å². The van der Waals surface area contributed by atoms with Gasteiger partial charge in [0.05, 0.1) is 21.9 Å². The molecule has 3 aromatic rings. The Morgan fingerprint density at radius 2 is 2.04 bits per heavy atom. The predicted molar refractivity (Wildman–Crippen MR) is 101 cm³/mol. The van der Waals surface area contributed by atoms with E-state index in [2.05, 4.69) is 19.9 Å². The Morgan fingerprint density at radius 1 is 1.26 bits per heavy atom. The van der Waals surface area contributed by atoms with Gasteiger partial charge in [0.1, 0.15) is 17.8 Å². The summed E-state index contributed by atoms with van der Waals surface area (Å²) in [6.45, 7) is 1.28. The van der Waals surface area contributed by atoms with E-state index in [1.165, 1.54) is 34.9 Å². The maximum absolute atomic E-state index is 12.9. The van der Waals surface area contributed by atoms with Crippen molar-refractivity contribution in [1.82, 2.24) is 19.3 Å². The van der Waals surface area contributed by atoms with Crippen LogP contribution in [0.1, 0.15) is 12.0 Å². The largest absolute Gasteiger partial charge is 0.354 e. The summed E-state index contributed by atoms with van der Waals surface area (Å²) in [6, 6.07) is 9.76. The molecule has 1 fully saturated rings. The van der Waals surface area contributed by atoms with E-state index in [0.29, 0.717) is 18.5 Å². The lowest BCUT2D eigenvalue weighted by Crippen LogP contribution is -2.39. The third-order valence-electron chi connectivity index (χ3n) is 4.97. The standard InChI is InChI=1S/C18H18N6O2S/c1-23(27(25,26)15-4-2-13(10-19)3-5-15)14-7-9-24(11-14)18-16-6-8-20-17(16)21-12-22-18/h2-6,8,12,14H,7,9,11H2,1H3,(H,20,21,22). The molecule has 9 heteroatoms. The number of hydrogen-bond donors (Lipinski definition) is 1. The first-order valence-electron chi connectivity index (χ1n) is 8.52. The zero-order chi connectivity index (χ0) is 19.0. The first kappa shape index (κ1) is 17.5. The molecule has 1 aromatic carbocycles. The second kappa shape index (κ2) is 6.64. The Kier molecular flexibility index (Phi) is 4.30. The Hall–Kier alpha value is -2.96. The molecule has 138 valence electrons. The van der Waals surface area contributed by atoms with E-state index in [1.54, 1.807) is 7.05 Å². The molecule has 1 saturated heterocycles. The number of H-pyrrole nitrogens is 1. The van der Waals surface area contributed by atoms with Gasteiger partial charge in [0.2, 0.25) is 10.0 Å². The predicted octanol–water partition coefficient (Wildman–Crippen LogP) is 1.73. The van der Waals surface area contributed by atoms with Gasteiger partial charge in [-0.2, -0.15) is 9.57 Å². The van der Waals surface area contributed by atoms with Crippen LogP contribution in [0.5, 0.6) is 0 Å². The van der Waals surface area contributed by atoms with Crippen molar-refractivity contribution in [2.24, 2.45) is 0 Å². The number of likely N-dealkylation sites (N-methyl/N-ethyl adjacent to an activating group) is 1. The van der Waals surface area contributed by atoms with Crippen LogP contribution in [0.25, 0.3) is 11.0 Å². The first-order chi connectivity index (χ1) is 13.0. The summed E-state index contributed by atoms with van der Waals surface area (Å²) in [6.07, 6.45) is 4.04. The second-order valence-corrected chi connectivity index (χ2v) is 8.48. The number of sulfonamides is 1. The van der Waals surface area contributed by atoms with Crippen molar-refractivity contribution in [2.75, 3.05) is 25.0 Å². The van der Waals surface area contributed by atoms with Gasteiger partial charge in [-0.25, -0.2) is 18.4 Å². The molecule has 0 spiro atoms. The maximum Gasteiger partial charge on any atom is 0.243 e. The van der Waals surface area contributed by atoms with Crippen LogP contribution in [0.15, 0.2) is 47.8 Å². The van der Waals surface area contributed by atoms with Gasteiger partial charge in [0, 0.05) is 32.4 Å². The smallest absolute Gasteiger partial charge is 0.243 e. The summed E-state index contributed by atoms with van der Waals surface area (Å²) in [5.74, 6) is 0.813. The summed E-state index contributed by atoms with van der Waals surface area (Å²) in [4.78, 5) is 13.9. The number of hydrogen-bond acceptors (Lipinski definition) is 6. The molecule has 27 heavy (non-hydrogen) atoms. The highest BCUT2D eigenvalue weighted by Crippen LogP contribution is 2.28. The molecule has 3 heterocycles. The average Bonchev–Trinajstić information content (AvgIpc) is 3.36. The zero-order valence-electron chi connectivity index (χ0n) is 14.7. The topological polar surface area (TPSA) is 106 Å². The fraction of sp³-hybridized carbons (Fsp3) is 0.278. The fourth-order valence-electron chi connectivity index (χ4n) is 3.41. The number of nitrogens with one attached hydrogen (secondary N) is 1. The second-order valence-electron chi connectivity index (χ2n) is 6.48. The lowest BCUT2D eigenvalue weighted by molar-refractivity contribution is 0.390. The summed E-state index contributed by atoms with van der Waals surface area (Å²) in [7, 11) is -2.02. The molecule has 1 aliphatic heterocycles. The van der Waals surface area contributed by atoms with Gasteiger partial charge in [-0.15, -0.1) is 0 Å². The van der Waals surface area contributed by atoms with Crippen LogP contribution in [0.2, 0.25) is 0 Å². The summed E-state index contributed by atoms with van der Waals surface area (Å²) >= 11 is 0. The van der Waals surface area contributed by atoms with E-state index in [-0.39, 0.29) is 10.9 Å². The Balaban J connectivity index is 1.56. The Labute approximate surface area is 157 Å². The first-order valence-corrected chi connectivity index (χ1v) is 9.96. The lowest BCUT2D eigenvalue weighted by Gasteiger charge is -2.24. The molecule has 2 aromatic heterocycles. The number of aromatic amines is 1. The van der Waals surface area contributed by atoms with Gasteiger partial charge in [-0.1, -0.05) is 0 Å². The zero-order valence-corrected chi connectivity index (χ0v) is 15.5. The Morgan fingerprint density at radius 3 is 2.78 bits per heavy atom. The van der Waals surface area contributed by atoms with Crippen molar-refractivity contribution in [2.45, 2.75) is 17.4 Å². The minimum Gasteiger partial charge on any atom is -0.354 e. The molecule has 1 N–H and O–H groups in total. The van der Waals surface area contributed by atoms with Crippen molar-refractivity contribution in [1.29, 1.82) is 5.26 Å². The maximum atomic E-state index is 12.9. The normalized spacial score (nSPS) is 17.5. The molecule has 0 bridgehead atoms. The number of nitriles is 1. The van der Waals surface area contributed by atoms with Gasteiger partial charge >= 0.3 is 0 Å². The third-order valence-corrected chi connectivity index (χ3v) is 6.89. The number of benzene rings is 1. The van der Waals surface area contributed by atoms with Gasteiger partial charge in [0.25, 0.3) is 0 Å². The van der Waals surface area contributed by atoms with Gasteiger partial charge in [-0.05, 0) is 36.8 Å². The third kappa shape index (κ3) is 3.03. The number of nitrogens with zero attached hydrogens (tertiary/aromatic N) is 5. The molecule has 0 aliphatic carbocycles. The fourth-order valence-corrected chi connectivity index (χ4v) is 4.78. The highest BCUT2D eigenvalue weighted by atomic mass is 32.2. The van der Waals surface area contributed by atoms with Crippen LogP contribution in [-0.4, -0.2) is 53.9 Å². The highest BCUT2D eigenvalue weighted by molar-refractivity contribution is 7.89. The van der Waals surface area contributed by atoms with Gasteiger partial charge in [-0.3, -0.25) is 0 Å². The van der Waals surface area contributed by atoms with E-state index in [9.17, 15) is 8.42 Å². The highest BCUT2D eigenvalue weighted by Gasteiger charge is 2.34. The Bertz CT molecular complexity index is 1120. The van der Waals surface area contributed by atoms with Crippen LogP contribution < -0.4 is 4.90 Å². The van der Waals surface area contributed by atoms with E-state index >= 15 is 0 Å². The number of fused-ring (bicyclic) bond motifs is 1. The summed E-state index contributed by atoms with van der Waals surface area (Å²) in [5.41, 5.74) is 1.20. The number of anilines is 1. The van der Waals surface area contributed by atoms with Crippen molar-refractivity contribution in [3.05, 3.63) is 48.4 Å². The molecule has 8 nitrogen and oxygen atoms in total. The summed E-state index contributed by atoms with van der Waals surface area (Å²) in [5, 5.41) is 9.81. The van der Waals surface area contributed by atoms with E-state index in [4.69, 9.17) is 5.26 Å². The molecular formula is C18H18N6O2S. The van der Waals surface area contributed by atoms with Crippen LogP contribution in [0.3, 0.4) is 0 Å². The molecule has 4 rings (SSSR count). The molecule has 1 aliphatic rings. The van der Waals surface area contributed by atoms with Gasteiger partial charge < -0.3 is 9.88 Å². The van der Waals surface area contributed by atoms with Crippen molar-refractivity contribution in [3.8, 4) is 6.07 Å². The van der Waals surface area contributed by atoms with Gasteiger partial charge in [0.15, 0.2) is 0 Å². The monoisotopic (exact) mass is 382 g/mol. The lowest BCUT2D eigenvalue weighted by atomic mass is 10.2. The number of rotatable bonds is 4. The van der Waals surface area contributed by atoms with E-state index in [0.717, 1.165) is 23.4 Å². The average molecular weight is 382 g/mol. The van der Waals surface area contributed by atoms with E-state index < -0.39 is 10.0 Å². The van der Waals surface area contributed by atoms with Crippen molar-refractivity contribution < 1.29 is 8.42 Å². The molecular weight excluding hydrogens is 364 g/mol. The summed E-state index contributed by atoms with van der Waals surface area (Å²) < 4.78 is 27.3. The van der Waals surface area contributed by atoms with Crippen LogP contribution in [0.4, 0.5) is 5.82 Å². The molecule has 1 atom stereocenters. The quantitative estimate of drug-likeness (QED) is 0.737. The molecule has 1 unspecified atom stereocenters. The van der Waals surface area contributed by atoms with Crippen LogP contribution in [0, 0.1) is 11.3 Å². The van der Waals surface area contributed by atoms with Crippen molar-refractivity contribution in [3.63, 3.8) is 0 Å². The molecule has 0 radical (unpaired) electrons. The van der Waals surface area contributed by atoms with Crippen LogP contribution in [-0.2, 0) is 10.0 Å². The molecule has 0 saturated carbocycles. The molecule has 0 amide bonds.